The first kappa shape index (κ1) is 15.5. The molecule has 2 heterocycles. The topological polar surface area (TPSA) is 71.3 Å². The number of nitrogens with two attached hydrogens (primary N) is 1. The molecule has 2 aromatic rings. The molecule has 0 spiro atoms. The Bertz CT molecular complexity index is 768. The number of amides is 1. The largest absolute Gasteiger partial charge is 0.444 e. The lowest BCUT2D eigenvalue weighted by molar-refractivity contribution is 0.0270. The number of nitrogens with zero attached hydrogens (tertiary/aromatic N) is 1. The number of nitrogen functional groups attached to an aromatic ring is 1. The number of carbonyl (C=O) groups is 1. The van der Waals surface area contributed by atoms with Crippen LogP contribution >= 0.6 is 0 Å². The Balaban J connectivity index is 1.78. The number of carbonyl (C=O) groups excluding carboxylic acids is 1. The van der Waals surface area contributed by atoms with E-state index in [0.717, 1.165) is 28.6 Å². The summed E-state index contributed by atoms with van der Waals surface area (Å²) in [6.07, 6.45) is 4.66. The quantitative estimate of drug-likeness (QED) is 0.787. The number of fused-ring (bicyclic) bond motifs is 1. The fraction of sp³-hybridized carbons (Fsp3) is 0.389. The highest BCUT2D eigenvalue weighted by Gasteiger charge is 2.24. The third-order valence-electron chi connectivity index (χ3n) is 3.91. The van der Waals surface area contributed by atoms with Gasteiger partial charge in [0.2, 0.25) is 0 Å². The lowest BCUT2D eigenvalue weighted by atomic mass is 9.99. The maximum absolute atomic E-state index is 12.1. The van der Waals surface area contributed by atoms with Gasteiger partial charge in [-0.2, -0.15) is 0 Å². The van der Waals surface area contributed by atoms with E-state index >= 15 is 0 Å². The van der Waals surface area contributed by atoms with Gasteiger partial charge in [0.25, 0.3) is 0 Å². The normalized spacial score (nSPS) is 15.6. The molecule has 0 unspecified atom stereocenters. The van der Waals surface area contributed by atoms with Crippen LogP contribution in [0.4, 0.5) is 10.5 Å². The molecule has 5 nitrogen and oxygen atoms in total. The third kappa shape index (κ3) is 3.33. The van der Waals surface area contributed by atoms with Gasteiger partial charge < -0.3 is 20.4 Å². The van der Waals surface area contributed by atoms with Crippen molar-refractivity contribution in [2.75, 3.05) is 18.8 Å². The molecule has 122 valence electrons. The van der Waals surface area contributed by atoms with Crippen molar-refractivity contribution in [2.45, 2.75) is 32.8 Å². The minimum Gasteiger partial charge on any atom is -0.444 e. The van der Waals surface area contributed by atoms with Gasteiger partial charge in [-0.15, -0.1) is 0 Å². The van der Waals surface area contributed by atoms with Crippen LogP contribution in [0.25, 0.3) is 16.5 Å². The van der Waals surface area contributed by atoms with Gasteiger partial charge in [-0.05, 0) is 51.0 Å². The number of ether oxygens (including phenoxy) is 1. The van der Waals surface area contributed by atoms with Crippen molar-refractivity contribution in [3.05, 3.63) is 36.0 Å². The van der Waals surface area contributed by atoms with Gasteiger partial charge in [0.05, 0.1) is 0 Å². The summed E-state index contributed by atoms with van der Waals surface area (Å²) >= 11 is 0. The van der Waals surface area contributed by atoms with Crippen molar-refractivity contribution < 1.29 is 9.53 Å². The van der Waals surface area contributed by atoms with E-state index in [0.29, 0.717) is 13.1 Å². The van der Waals surface area contributed by atoms with Crippen LogP contribution in [0.2, 0.25) is 0 Å². The van der Waals surface area contributed by atoms with Crippen molar-refractivity contribution in [1.29, 1.82) is 0 Å². The van der Waals surface area contributed by atoms with Crippen LogP contribution in [-0.2, 0) is 4.74 Å². The molecule has 3 N–H and O–H groups in total. The van der Waals surface area contributed by atoms with Gasteiger partial charge in [-0.3, -0.25) is 0 Å². The maximum Gasteiger partial charge on any atom is 0.410 e. The van der Waals surface area contributed by atoms with Crippen LogP contribution in [0, 0.1) is 0 Å². The van der Waals surface area contributed by atoms with Crippen molar-refractivity contribution in [2.24, 2.45) is 0 Å². The summed E-state index contributed by atoms with van der Waals surface area (Å²) in [5, 5.41) is 1.13. The Kier molecular flexibility index (Phi) is 3.80. The maximum atomic E-state index is 12.1. The zero-order valence-corrected chi connectivity index (χ0v) is 13.8. The molecule has 0 fully saturated rings. The van der Waals surface area contributed by atoms with E-state index in [2.05, 4.69) is 11.1 Å². The van der Waals surface area contributed by atoms with Crippen molar-refractivity contribution in [3.63, 3.8) is 0 Å². The summed E-state index contributed by atoms with van der Waals surface area (Å²) in [6, 6.07) is 5.87. The van der Waals surface area contributed by atoms with Crippen LogP contribution in [0.1, 0.15) is 32.8 Å². The molecule has 0 aliphatic carbocycles. The fourth-order valence-corrected chi connectivity index (χ4v) is 2.81. The van der Waals surface area contributed by atoms with Gasteiger partial charge in [0.1, 0.15) is 5.60 Å². The molecule has 5 heteroatoms. The number of anilines is 1. The average Bonchev–Trinajstić information content (AvgIpc) is 2.88. The molecule has 1 aliphatic rings. The predicted molar refractivity (Wildman–Crippen MR) is 93.1 cm³/mol. The SMILES string of the molecule is CC(C)(C)OC(=O)N1CC=C(c2c[nH]c3ccc(N)cc23)CC1. The molecule has 0 saturated heterocycles. The number of rotatable bonds is 1. The van der Waals surface area contributed by atoms with E-state index in [-0.39, 0.29) is 6.09 Å². The molecule has 0 radical (unpaired) electrons. The number of benzene rings is 1. The summed E-state index contributed by atoms with van der Waals surface area (Å²) in [4.78, 5) is 17.1. The van der Waals surface area contributed by atoms with Crippen molar-refractivity contribution in [1.82, 2.24) is 9.88 Å². The van der Waals surface area contributed by atoms with E-state index in [1.165, 1.54) is 5.57 Å². The summed E-state index contributed by atoms with van der Waals surface area (Å²) in [6.45, 7) is 6.88. The summed E-state index contributed by atoms with van der Waals surface area (Å²) < 4.78 is 5.42. The third-order valence-corrected chi connectivity index (χ3v) is 3.91. The summed E-state index contributed by atoms with van der Waals surface area (Å²) in [5.74, 6) is 0. The molecule has 1 aliphatic heterocycles. The molecule has 1 aromatic carbocycles. The second-order valence-electron chi connectivity index (χ2n) is 6.91. The Morgan fingerprint density at radius 3 is 2.78 bits per heavy atom. The molecule has 0 bridgehead atoms. The van der Waals surface area contributed by atoms with Crippen LogP contribution < -0.4 is 5.73 Å². The Morgan fingerprint density at radius 1 is 1.35 bits per heavy atom. The van der Waals surface area contributed by atoms with E-state index in [4.69, 9.17) is 10.5 Å². The second kappa shape index (κ2) is 5.65. The van der Waals surface area contributed by atoms with Crippen molar-refractivity contribution >= 4 is 28.3 Å². The number of hydrogen-bond acceptors (Lipinski definition) is 3. The minimum atomic E-state index is -0.463. The highest BCUT2D eigenvalue weighted by molar-refractivity contribution is 5.94. The predicted octanol–water partition coefficient (Wildman–Crippen LogP) is 3.77. The molecule has 1 aromatic heterocycles. The zero-order valence-electron chi connectivity index (χ0n) is 13.8. The van der Waals surface area contributed by atoms with Crippen LogP contribution in [-0.4, -0.2) is 34.7 Å². The average molecular weight is 313 g/mol. The first-order valence-electron chi connectivity index (χ1n) is 7.87. The van der Waals surface area contributed by atoms with Gasteiger partial charge in [-0.25, -0.2) is 4.79 Å². The molecular formula is C18H23N3O2. The number of H-pyrrole nitrogens is 1. The van der Waals surface area contributed by atoms with Gasteiger partial charge >= 0.3 is 6.09 Å². The van der Waals surface area contributed by atoms with Crippen LogP contribution in [0.15, 0.2) is 30.5 Å². The van der Waals surface area contributed by atoms with Crippen LogP contribution in [0.3, 0.4) is 0 Å². The number of aromatic amines is 1. The smallest absolute Gasteiger partial charge is 0.410 e. The van der Waals surface area contributed by atoms with Gasteiger partial charge in [0, 0.05) is 41.4 Å². The molecule has 23 heavy (non-hydrogen) atoms. The first-order chi connectivity index (χ1) is 10.8. The molecule has 0 saturated carbocycles. The van der Waals surface area contributed by atoms with E-state index in [1.54, 1.807) is 4.90 Å². The summed E-state index contributed by atoms with van der Waals surface area (Å²) in [7, 11) is 0. The minimum absolute atomic E-state index is 0.254. The Labute approximate surface area is 136 Å². The highest BCUT2D eigenvalue weighted by atomic mass is 16.6. The van der Waals surface area contributed by atoms with E-state index in [9.17, 15) is 4.79 Å². The van der Waals surface area contributed by atoms with Gasteiger partial charge in [-0.1, -0.05) is 6.08 Å². The Hall–Kier alpha value is -2.43. The van der Waals surface area contributed by atoms with Crippen molar-refractivity contribution in [3.8, 4) is 0 Å². The second-order valence-corrected chi connectivity index (χ2v) is 6.91. The van der Waals surface area contributed by atoms with E-state index in [1.807, 2.05) is 45.2 Å². The molecular weight excluding hydrogens is 290 g/mol. The lowest BCUT2D eigenvalue weighted by Crippen LogP contribution is -2.39. The number of nitrogens with one attached hydrogen (secondary N) is 1. The fourth-order valence-electron chi connectivity index (χ4n) is 2.81. The molecule has 1 amide bonds. The number of aromatic nitrogens is 1. The Morgan fingerprint density at radius 2 is 2.13 bits per heavy atom. The first-order valence-corrected chi connectivity index (χ1v) is 7.87. The molecule has 0 atom stereocenters. The molecule has 3 rings (SSSR count). The monoisotopic (exact) mass is 313 g/mol. The highest BCUT2D eigenvalue weighted by Crippen LogP contribution is 2.30. The van der Waals surface area contributed by atoms with Crippen LogP contribution in [0.5, 0.6) is 0 Å². The van der Waals surface area contributed by atoms with Gasteiger partial charge in [0.15, 0.2) is 0 Å². The summed E-state index contributed by atoms with van der Waals surface area (Å²) in [5.41, 5.74) is 9.67. The number of hydrogen-bond donors (Lipinski definition) is 2. The lowest BCUT2D eigenvalue weighted by Gasteiger charge is -2.29. The zero-order chi connectivity index (χ0) is 16.6. The van der Waals surface area contributed by atoms with E-state index < -0.39 is 5.60 Å². The standard InChI is InChI=1S/C18H23N3O2/c1-18(2,3)23-17(22)21-8-6-12(7-9-21)15-11-20-16-5-4-13(19)10-14(15)16/h4-6,10-11,20H,7-9,19H2,1-3H3.